The number of anilines is 1. The van der Waals surface area contributed by atoms with Gasteiger partial charge in [-0.2, -0.15) is 0 Å². The van der Waals surface area contributed by atoms with Crippen LogP contribution >= 0.6 is 23.2 Å². The van der Waals surface area contributed by atoms with Gasteiger partial charge in [0.1, 0.15) is 0 Å². The second-order valence-corrected chi connectivity index (χ2v) is 8.13. The highest BCUT2D eigenvalue weighted by Crippen LogP contribution is 2.31. The minimum absolute atomic E-state index is 0.199. The molecule has 2 aromatic heterocycles. The Labute approximate surface area is 192 Å². The summed E-state index contributed by atoms with van der Waals surface area (Å²) in [4.78, 5) is 29.9. The summed E-state index contributed by atoms with van der Waals surface area (Å²) in [5, 5.41) is 4.45. The van der Waals surface area contributed by atoms with Gasteiger partial charge in [-0.1, -0.05) is 41.4 Å². The van der Waals surface area contributed by atoms with Crippen LogP contribution in [0.4, 0.5) is 5.69 Å². The fourth-order valence-corrected chi connectivity index (χ4v) is 4.26. The molecule has 0 fully saturated rings. The number of aromatic nitrogens is 3. The molecule has 32 heavy (non-hydrogen) atoms. The van der Waals surface area contributed by atoms with E-state index in [1.54, 1.807) is 63.9 Å². The minimum Gasteiger partial charge on any atom is -0.326 e. The van der Waals surface area contributed by atoms with Crippen molar-refractivity contribution >= 4 is 56.7 Å². The molecule has 6 nitrogen and oxygen atoms in total. The molecule has 0 atom stereocenters. The van der Waals surface area contributed by atoms with Gasteiger partial charge >= 0.3 is 5.69 Å². The second-order valence-electron chi connectivity index (χ2n) is 7.29. The van der Waals surface area contributed by atoms with E-state index in [2.05, 4.69) is 10.3 Å². The second kappa shape index (κ2) is 7.82. The number of carbonyl (C=O) groups excluding carboxylic acids is 1. The molecule has 0 radical (unpaired) electrons. The third-order valence-electron chi connectivity index (χ3n) is 5.15. The van der Waals surface area contributed by atoms with Gasteiger partial charge in [0.05, 0.1) is 39.1 Å². The molecule has 1 amide bonds. The molecule has 0 spiro atoms. The van der Waals surface area contributed by atoms with E-state index < -0.39 is 0 Å². The number of amides is 1. The summed E-state index contributed by atoms with van der Waals surface area (Å²) in [7, 11) is 0. The van der Waals surface area contributed by atoms with Crippen molar-refractivity contribution in [3.63, 3.8) is 0 Å². The SMILES string of the molecule is CC(=O)Nc1cccc(-n2c(=O)n(-c3ccccc3Cl)c3c4cc(Cl)ccc4ncc32)c1. The summed E-state index contributed by atoms with van der Waals surface area (Å²) >= 11 is 12.8. The first-order valence-electron chi connectivity index (χ1n) is 9.79. The number of carbonyl (C=O) groups is 1. The van der Waals surface area contributed by atoms with Crippen molar-refractivity contribution in [2.75, 3.05) is 5.32 Å². The van der Waals surface area contributed by atoms with Crippen LogP contribution in [0.15, 0.2) is 77.7 Å². The van der Waals surface area contributed by atoms with Gasteiger partial charge in [-0.25, -0.2) is 4.79 Å². The van der Waals surface area contributed by atoms with Gasteiger partial charge in [-0.3, -0.25) is 18.9 Å². The van der Waals surface area contributed by atoms with Crippen LogP contribution < -0.4 is 11.0 Å². The summed E-state index contributed by atoms with van der Waals surface area (Å²) < 4.78 is 3.13. The lowest BCUT2D eigenvalue weighted by Gasteiger charge is -2.07. The standard InChI is InChI=1S/C24H16Cl2N4O2/c1-14(31)28-16-5-4-6-17(12-16)29-22-13-27-20-10-9-15(25)11-18(20)23(22)30(24(29)32)21-8-3-2-7-19(21)26/h2-13H,1H3,(H,28,31). The van der Waals surface area contributed by atoms with E-state index in [1.807, 2.05) is 18.2 Å². The molecule has 158 valence electrons. The zero-order valence-electron chi connectivity index (χ0n) is 16.8. The van der Waals surface area contributed by atoms with Crippen LogP contribution in [0.3, 0.4) is 0 Å². The van der Waals surface area contributed by atoms with Crippen LogP contribution in [-0.4, -0.2) is 20.0 Å². The molecule has 0 aliphatic heterocycles. The highest BCUT2D eigenvalue weighted by atomic mass is 35.5. The smallest absolute Gasteiger partial charge is 0.326 e. The summed E-state index contributed by atoms with van der Waals surface area (Å²) in [5.41, 5.74) is 3.32. The van der Waals surface area contributed by atoms with Crippen LogP contribution in [0.25, 0.3) is 33.3 Å². The number of nitrogens with one attached hydrogen (secondary N) is 1. The van der Waals surface area contributed by atoms with Gasteiger partial charge < -0.3 is 5.32 Å². The van der Waals surface area contributed by atoms with Gasteiger partial charge in [-0.05, 0) is 48.5 Å². The topological polar surface area (TPSA) is 68.9 Å². The van der Waals surface area contributed by atoms with E-state index in [0.29, 0.717) is 43.7 Å². The number of hydrogen-bond acceptors (Lipinski definition) is 3. The molecule has 0 unspecified atom stereocenters. The summed E-state index contributed by atoms with van der Waals surface area (Å²) in [6.07, 6.45) is 1.66. The van der Waals surface area contributed by atoms with Crippen molar-refractivity contribution in [2.45, 2.75) is 6.92 Å². The Morgan fingerprint density at radius 3 is 2.56 bits per heavy atom. The molecule has 0 aliphatic rings. The number of hydrogen-bond donors (Lipinski definition) is 1. The third kappa shape index (κ3) is 3.34. The van der Waals surface area contributed by atoms with E-state index in [0.717, 1.165) is 5.39 Å². The first-order valence-corrected chi connectivity index (χ1v) is 10.5. The largest absolute Gasteiger partial charge is 0.338 e. The molecular formula is C24H16Cl2N4O2. The van der Waals surface area contributed by atoms with Crippen LogP contribution in [0, 0.1) is 0 Å². The minimum atomic E-state index is -0.317. The lowest BCUT2D eigenvalue weighted by atomic mass is 10.2. The van der Waals surface area contributed by atoms with Gasteiger partial charge in [0.25, 0.3) is 0 Å². The number of pyridine rings is 1. The predicted molar refractivity (Wildman–Crippen MR) is 128 cm³/mol. The van der Waals surface area contributed by atoms with E-state index in [1.165, 1.54) is 6.92 Å². The highest BCUT2D eigenvalue weighted by Gasteiger charge is 2.20. The maximum atomic E-state index is 13.8. The van der Waals surface area contributed by atoms with Crippen molar-refractivity contribution in [1.82, 2.24) is 14.1 Å². The molecule has 0 saturated carbocycles. The summed E-state index contributed by atoms with van der Waals surface area (Å²) in [6.45, 7) is 1.43. The fourth-order valence-electron chi connectivity index (χ4n) is 3.87. The molecule has 5 aromatic rings. The lowest BCUT2D eigenvalue weighted by molar-refractivity contribution is -0.114. The Hall–Kier alpha value is -3.61. The molecule has 3 aromatic carbocycles. The highest BCUT2D eigenvalue weighted by molar-refractivity contribution is 6.33. The van der Waals surface area contributed by atoms with Gasteiger partial charge in [0.2, 0.25) is 5.91 Å². The van der Waals surface area contributed by atoms with Gasteiger partial charge in [0, 0.05) is 23.0 Å². The quantitative estimate of drug-likeness (QED) is 0.379. The number of fused-ring (bicyclic) bond motifs is 3. The van der Waals surface area contributed by atoms with Gasteiger partial charge in [-0.15, -0.1) is 0 Å². The number of rotatable bonds is 3. The molecule has 0 saturated heterocycles. The van der Waals surface area contributed by atoms with E-state index in [-0.39, 0.29) is 11.6 Å². The average Bonchev–Trinajstić information content (AvgIpc) is 3.06. The van der Waals surface area contributed by atoms with Crippen LogP contribution in [0.2, 0.25) is 10.0 Å². The van der Waals surface area contributed by atoms with Crippen LogP contribution in [0.5, 0.6) is 0 Å². The molecule has 5 rings (SSSR count). The lowest BCUT2D eigenvalue weighted by Crippen LogP contribution is -2.22. The molecule has 0 bridgehead atoms. The zero-order valence-corrected chi connectivity index (χ0v) is 18.4. The molecule has 1 N–H and O–H groups in total. The first-order chi connectivity index (χ1) is 15.4. The first kappa shape index (κ1) is 20.3. The summed E-state index contributed by atoms with van der Waals surface area (Å²) in [6, 6.07) is 19.6. The van der Waals surface area contributed by atoms with Crippen LogP contribution in [-0.2, 0) is 4.79 Å². The zero-order chi connectivity index (χ0) is 22.4. The van der Waals surface area contributed by atoms with Crippen molar-refractivity contribution in [1.29, 1.82) is 0 Å². The third-order valence-corrected chi connectivity index (χ3v) is 5.70. The Kier molecular flexibility index (Phi) is 4.96. The number of para-hydroxylation sites is 1. The number of nitrogens with zero attached hydrogens (tertiary/aromatic N) is 3. The van der Waals surface area contributed by atoms with Crippen LogP contribution in [0.1, 0.15) is 6.92 Å². The van der Waals surface area contributed by atoms with E-state index >= 15 is 0 Å². The van der Waals surface area contributed by atoms with Gasteiger partial charge in [0.15, 0.2) is 0 Å². The monoisotopic (exact) mass is 462 g/mol. The predicted octanol–water partition coefficient (Wildman–Crippen LogP) is 5.59. The van der Waals surface area contributed by atoms with Crippen molar-refractivity contribution < 1.29 is 4.79 Å². The van der Waals surface area contributed by atoms with E-state index in [4.69, 9.17) is 23.2 Å². The Bertz CT molecular complexity index is 1590. The summed E-state index contributed by atoms with van der Waals surface area (Å²) in [5.74, 6) is -0.199. The molecular weight excluding hydrogens is 447 g/mol. The molecule has 2 heterocycles. The van der Waals surface area contributed by atoms with E-state index in [9.17, 15) is 9.59 Å². The maximum absolute atomic E-state index is 13.8. The Morgan fingerprint density at radius 2 is 1.78 bits per heavy atom. The van der Waals surface area contributed by atoms with Crippen molar-refractivity contribution in [3.8, 4) is 11.4 Å². The Morgan fingerprint density at radius 1 is 0.969 bits per heavy atom. The molecule has 8 heteroatoms. The molecule has 0 aliphatic carbocycles. The average molecular weight is 463 g/mol. The number of halogens is 2. The Balaban J connectivity index is 1.92. The number of imidazole rings is 1. The van der Waals surface area contributed by atoms with Crippen molar-refractivity contribution in [2.24, 2.45) is 0 Å². The normalized spacial score (nSPS) is 11.2. The number of benzene rings is 3. The fraction of sp³-hybridized carbons (Fsp3) is 0.0417. The van der Waals surface area contributed by atoms with Crippen molar-refractivity contribution in [3.05, 3.63) is 93.5 Å². The maximum Gasteiger partial charge on any atom is 0.338 e.